The summed E-state index contributed by atoms with van der Waals surface area (Å²) >= 11 is 0. The summed E-state index contributed by atoms with van der Waals surface area (Å²) in [6, 6.07) is 0. The van der Waals surface area contributed by atoms with Crippen LogP contribution in [0.2, 0.25) is 0 Å². The van der Waals surface area contributed by atoms with Gasteiger partial charge < -0.3 is 12.2 Å². The first-order valence-corrected chi connectivity index (χ1v) is 2.38. The van der Waals surface area contributed by atoms with Crippen LogP contribution in [-0.2, 0) is 21.1 Å². The van der Waals surface area contributed by atoms with Crippen molar-refractivity contribution in [1.29, 1.82) is 0 Å². The number of rotatable bonds is 3. The minimum atomic E-state index is 0. The van der Waals surface area contributed by atoms with Crippen LogP contribution in [0, 0.1) is 6.42 Å². The van der Waals surface area contributed by atoms with Crippen LogP contribution in [-0.4, -0.2) is 6.54 Å². The van der Waals surface area contributed by atoms with Crippen molar-refractivity contribution in [3.63, 3.8) is 0 Å². The zero-order valence-electron chi connectivity index (χ0n) is 4.61. The Labute approximate surface area is 59.9 Å². The smallest absolute Gasteiger partial charge is 0.679 e. The summed E-state index contributed by atoms with van der Waals surface area (Å²) in [4.78, 5) is 0. The first kappa shape index (κ1) is 10.6. The molecule has 0 spiro atoms. The average Bonchev–Trinajstić information content (AvgIpc) is 1.61. The van der Waals surface area contributed by atoms with Crippen molar-refractivity contribution < 1.29 is 21.1 Å². The van der Waals surface area contributed by atoms with Crippen LogP contribution in [0.15, 0.2) is 0 Å². The summed E-state index contributed by atoms with van der Waals surface area (Å²) in [5, 5.41) is 0. The number of nitrogens with one attached hydrogen (secondary N) is 1. The van der Waals surface area contributed by atoms with Crippen LogP contribution in [0.25, 0.3) is 5.73 Å². The van der Waals surface area contributed by atoms with Gasteiger partial charge in [0.1, 0.15) is 0 Å². The van der Waals surface area contributed by atoms with Gasteiger partial charge in [-0.05, 0) is 0 Å². The van der Waals surface area contributed by atoms with E-state index < -0.39 is 0 Å². The minimum Gasteiger partial charge on any atom is -0.679 e. The molecule has 1 N–H and O–H groups in total. The Balaban J connectivity index is 0. The van der Waals surface area contributed by atoms with Gasteiger partial charge in [-0.15, -0.1) is 0 Å². The van der Waals surface area contributed by atoms with E-state index in [4.69, 9.17) is 5.73 Å². The molecule has 0 unspecified atom stereocenters. The second kappa shape index (κ2) is 9.82. The van der Waals surface area contributed by atoms with E-state index in [9.17, 15) is 0 Å². The molecule has 0 amide bonds. The third-order valence-electron chi connectivity index (χ3n) is 0.637. The van der Waals surface area contributed by atoms with E-state index in [0.717, 1.165) is 12.8 Å². The van der Waals surface area contributed by atoms with Gasteiger partial charge in [0.2, 0.25) is 0 Å². The zero-order chi connectivity index (χ0) is 4.83. The van der Waals surface area contributed by atoms with E-state index in [1.54, 1.807) is 0 Å². The Morgan fingerprint density at radius 1 is 1.57 bits per heavy atom. The molecule has 0 aliphatic heterocycles. The molecular formula is C5H11NW. The largest absolute Gasteiger partial charge is 2.00 e. The van der Waals surface area contributed by atoms with Crippen molar-refractivity contribution in [2.75, 3.05) is 6.54 Å². The van der Waals surface area contributed by atoms with Crippen molar-refractivity contribution in [3.8, 4) is 0 Å². The molecule has 0 aromatic carbocycles. The van der Waals surface area contributed by atoms with Gasteiger partial charge in [0.15, 0.2) is 0 Å². The van der Waals surface area contributed by atoms with Gasteiger partial charge in [-0.1, -0.05) is 6.92 Å². The van der Waals surface area contributed by atoms with Gasteiger partial charge in [-0.25, -0.2) is 0 Å². The van der Waals surface area contributed by atoms with E-state index in [1.807, 2.05) is 0 Å². The fraction of sp³-hybridized carbons (Fsp3) is 0.800. The Hall–Kier alpha value is 0.648. The molecule has 0 atom stereocenters. The minimum absolute atomic E-state index is 0. The third-order valence-corrected chi connectivity index (χ3v) is 0.637. The zero-order valence-corrected chi connectivity index (χ0v) is 7.54. The maximum atomic E-state index is 6.67. The molecule has 0 rings (SSSR count). The molecule has 0 fully saturated rings. The quantitative estimate of drug-likeness (QED) is 0.553. The topological polar surface area (TPSA) is 23.8 Å². The first-order valence-electron chi connectivity index (χ1n) is 2.38. The summed E-state index contributed by atoms with van der Waals surface area (Å²) in [6.45, 7) is 2.64. The molecule has 0 aromatic rings. The summed E-state index contributed by atoms with van der Waals surface area (Å²) in [6.07, 6.45) is 4.18. The summed E-state index contributed by atoms with van der Waals surface area (Å²) in [7, 11) is 0. The summed E-state index contributed by atoms with van der Waals surface area (Å²) in [5.41, 5.74) is 6.67. The monoisotopic (exact) mass is 269 g/mol. The van der Waals surface area contributed by atoms with Crippen LogP contribution in [0.1, 0.15) is 19.8 Å². The summed E-state index contributed by atoms with van der Waals surface area (Å²) < 4.78 is 0. The molecule has 0 radical (unpaired) electrons. The Bertz CT molecular complexity index is 20.0. The van der Waals surface area contributed by atoms with Gasteiger partial charge >= 0.3 is 21.1 Å². The molecule has 0 saturated carbocycles. The van der Waals surface area contributed by atoms with Crippen molar-refractivity contribution in [3.05, 3.63) is 12.2 Å². The van der Waals surface area contributed by atoms with Crippen LogP contribution >= 0.6 is 0 Å². The van der Waals surface area contributed by atoms with Crippen molar-refractivity contribution >= 4 is 0 Å². The number of hydrogen-bond acceptors (Lipinski definition) is 0. The fourth-order valence-corrected chi connectivity index (χ4v) is 0.306. The third kappa shape index (κ3) is 10.8. The molecule has 42 valence electrons. The maximum Gasteiger partial charge on any atom is 2.00 e. The molecular weight excluding hydrogens is 258 g/mol. The van der Waals surface area contributed by atoms with Crippen LogP contribution in [0.5, 0.6) is 0 Å². The van der Waals surface area contributed by atoms with Gasteiger partial charge in [-0.2, -0.15) is 19.4 Å². The first-order chi connectivity index (χ1) is 2.91. The molecule has 0 aromatic heterocycles. The standard InChI is InChI=1S/C5H11N.W/c1-2-3-4-5-6;/h3,6H,2,4-5H2,1H3;/q-2;+2. The number of hydrogen-bond donors (Lipinski definition) is 0. The normalized spacial score (nSPS) is 7.71. The van der Waals surface area contributed by atoms with Gasteiger partial charge in [0.25, 0.3) is 0 Å². The molecule has 0 bridgehead atoms. The molecule has 7 heavy (non-hydrogen) atoms. The van der Waals surface area contributed by atoms with E-state index in [2.05, 4.69) is 13.3 Å². The van der Waals surface area contributed by atoms with E-state index >= 15 is 0 Å². The molecule has 0 aliphatic rings. The fourth-order valence-electron chi connectivity index (χ4n) is 0.306. The van der Waals surface area contributed by atoms with Crippen molar-refractivity contribution in [2.45, 2.75) is 19.8 Å². The maximum absolute atomic E-state index is 6.67. The average molecular weight is 269 g/mol. The van der Waals surface area contributed by atoms with Crippen LogP contribution in [0.4, 0.5) is 0 Å². The Kier molecular flexibility index (Phi) is 14.9. The van der Waals surface area contributed by atoms with E-state index in [-0.39, 0.29) is 21.1 Å². The van der Waals surface area contributed by atoms with Crippen molar-refractivity contribution in [2.24, 2.45) is 0 Å². The van der Waals surface area contributed by atoms with Crippen LogP contribution in [0.3, 0.4) is 0 Å². The van der Waals surface area contributed by atoms with Gasteiger partial charge in [0.05, 0.1) is 0 Å². The molecule has 2 heteroatoms. The van der Waals surface area contributed by atoms with E-state index in [1.165, 1.54) is 0 Å². The van der Waals surface area contributed by atoms with Gasteiger partial charge in [0, 0.05) is 0 Å². The predicted molar refractivity (Wildman–Crippen MR) is 28.4 cm³/mol. The van der Waals surface area contributed by atoms with Gasteiger partial charge in [-0.3, -0.25) is 0 Å². The summed E-state index contributed by atoms with van der Waals surface area (Å²) in [5.74, 6) is 0. The molecule has 0 heterocycles. The van der Waals surface area contributed by atoms with Crippen molar-refractivity contribution in [1.82, 2.24) is 0 Å². The SMILES string of the molecule is CC[CH-]CC[NH-].[W+2]. The predicted octanol–water partition coefficient (Wildman–Crippen LogP) is 2.04. The second-order valence-electron chi connectivity index (χ2n) is 1.24. The molecule has 0 saturated heterocycles. The van der Waals surface area contributed by atoms with E-state index in [0.29, 0.717) is 6.54 Å². The number of unbranched alkanes of at least 4 members (excludes halogenated alkanes) is 2. The Morgan fingerprint density at radius 3 is 2.29 bits per heavy atom. The van der Waals surface area contributed by atoms with Crippen LogP contribution < -0.4 is 0 Å². The second-order valence-corrected chi connectivity index (χ2v) is 1.24. The molecule has 1 nitrogen and oxygen atoms in total. The molecule has 0 aliphatic carbocycles. The Morgan fingerprint density at radius 2 is 2.14 bits per heavy atom.